The van der Waals surface area contributed by atoms with Crippen LogP contribution in [0.5, 0.6) is 5.75 Å². The number of furan rings is 1. The molecule has 0 saturated heterocycles. The minimum absolute atomic E-state index is 0.0877. The van der Waals surface area contributed by atoms with E-state index < -0.39 is 11.6 Å². The molecule has 0 aliphatic rings. The van der Waals surface area contributed by atoms with Gasteiger partial charge in [-0.25, -0.2) is 4.39 Å². The number of halogens is 2. The van der Waals surface area contributed by atoms with E-state index in [0.29, 0.717) is 5.76 Å². The maximum Gasteiger partial charge on any atom is 0.201 e. The van der Waals surface area contributed by atoms with E-state index >= 15 is 0 Å². The lowest BCUT2D eigenvalue weighted by molar-refractivity contribution is 0.314. The zero-order valence-corrected chi connectivity index (χ0v) is 8.67. The molecule has 0 aliphatic heterocycles. The first-order valence-electron chi connectivity index (χ1n) is 4.88. The van der Waals surface area contributed by atoms with Crippen LogP contribution in [-0.2, 0) is 0 Å². The zero-order chi connectivity index (χ0) is 11.5. The second kappa shape index (κ2) is 4.35. The van der Waals surface area contributed by atoms with Crippen LogP contribution in [0.1, 0.15) is 6.92 Å². The molecule has 0 fully saturated rings. The highest BCUT2D eigenvalue weighted by Gasteiger charge is 2.16. The molecule has 1 heterocycles. The van der Waals surface area contributed by atoms with Crippen molar-refractivity contribution in [3.8, 4) is 17.1 Å². The summed E-state index contributed by atoms with van der Waals surface area (Å²) in [6.07, 6.45) is 1.41. The molecule has 0 radical (unpaired) electrons. The van der Waals surface area contributed by atoms with Crippen LogP contribution in [0.15, 0.2) is 34.9 Å². The Bertz CT molecular complexity index is 478. The second-order valence-electron chi connectivity index (χ2n) is 3.15. The Hall–Kier alpha value is -1.84. The van der Waals surface area contributed by atoms with Crippen molar-refractivity contribution in [3.05, 3.63) is 42.2 Å². The molecule has 0 amide bonds. The van der Waals surface area contributed by atoms with Crippen molar-refractivity contribution in [2.24, 2.45) is 0 Å². The molecule has 4 heteroatoms. The average molecular weight is 224 g/mol. The summed E-state index contributed by atoms with van der Waals surface area (Å²) in [5, 5.41) is 0. The Morgan fingerprint density at radius 1 is 1.19 bits per heavy atom. The summed E-state index contributed by atoms with van der Waals surface area (Å²) >= 11 is 0. The van der Waals surface area contributed by atoms with Crippen LogP contribution in [0.3, 0.4) is 0 Å². The van der Waals surface area contributed by atoms with E-state index in [1.165, 1.54) is 18.4 Å². The number of benzene rings is 1. The number of hydrogen-bond donors (Lipinski definition) is 0. The van der Waals surface area contributed by atoms with Gasteiger partial charge in [0, 0.05) is 0 Å². The lowest BCUT2D eigenvalue weighted by atomic mass is 10.1. The van der Waals surface area contributed by atoms with Gasteiger partial charge < -0.3 is 9.15 Å². The predicted molar refractivity (Wildman–Crippen MR) is 55.2 cm³/mol. The largest absolute Gasteiger partial charge is 0.491 e. The summed E-state index contributed by atoms with van der Waals surface area (Å²) in [7, 11) is 0. The molecule has 0 N–H and O–H groups in total. The summed E-state index contributed by atoms with van der Waals surface area (Å²) in [5.41, 5.74) is 0.0888. The maximum absolute atomic E-state index is 13.6. The molecule has 2 nitrogen and oxygen atoms in total. The normalized spacial score (nSPS) is 10.4. The van der Waals surface area contributed by atoms with E-state index in [9.17, 15) is 8.78 Å². The number of hydrogen-bond acceptors (Lipinski definition) is 2. The van der Waals surface area contributed by atoms with Crippen LogP contribution < -0.4 is 4.74 Å². The van der Waals surface area contributed by atoms with Gasteiger partial charge in [0.05, 0.1) is 18.4 Å². The topological polar surface area (TPSA) is 22.4 Å². The van der Waals surface area contributed by atoms with Gasteiger partial charge in [-0.2, -0.15) is 4.39 Å². The predicted octanol–water partition coefficient (Wildman–Crippen LogP) is 3.62. The molecule has 1 aromatic heterocycles. The first-order valence-corrected chi connectivity index (χ1v) is 4.88. The zero-order valence-electron chi connectivity index (χ0n) is 8.67. The second-order valence-corrected chi connectivity index (χ2v) is 3.15. The third-order valence-electron chi connectivity index (χ3n) is 2.13. The van der Waals surface area contributed by atoms with E-state index in [0.717, 1.165) is 0 Å². The molecular weight excluding hydrogens is 214 g/mol. The van der Waals surface area contributed by atoms with Crippen LogP contribution in [0.2, 0.25) is 0 Å². The van der Waals surface area contributed by atoms with Crippen molar-refractivity contribution in [1.82, 2.24) is 0 Å². The summed E-state index contributed by atoms with van der Waals surface area (Å²) in [5.74, 6) is -1.74. The Morgan fingerprint density at radius 3 is 2.62 bits per heavy atom. The molecule has 2 aromatic rings. The fourth-order valence-corrected chi connectivity index (χ4v) is 1.42. The lowest BCUT2D eigenvalue weighted by Gasteiger charge is -2.07. The summed E-state index contributed by atoms with van der Waals surface area (Å²) in [6.45, 7) is 1.99. The van der Waals surface area contributed by atoms with Gasteiger partial charge in [-0.3, -0.25) is 0 Å². The van der Waals surface area contributed by atoms with Crippen molar-refractivity contribution in [2.45, 2.75) is 6.92 Å². The molecular formula is C12H10F2O2. The molecule has 1 aromatic carbocycles. The molecule has 0 unspecified atom stereocenters. The van der Waals surface area contributed by atoms with Gasteiger partial charge in [-0.1, -0.05) is 0 Å². The van der Waals surface area contributed by atoms with Crippen molar-refractivity contribution < 1.29 is 17.9 Å². The Balaban J connectivity index is 2.47. The van der Waals surface area contributed by atoms with Crippen molar-refractivity contribution in [1.29, 1.82) is 0 Å². The fourth-order valence-electron chi connectivity index (χ4n) is 1.42. The highest BCUT2D eigenvalue weighted by atomic mass is 19.2. The highest BCUT2D eigenvalue weighted by molar-refractivity contribution is 5.59. The molecule has 0 spiro atoms. The van der Waals surface area contributed by atoms with Gasteiger partial charge in [-0.05, 0) is 31.2 Å². The van der Waals surface area contributed by atoms with Gasteiger partial charge in [-0.15, -0.1) is 0 Å². The Morgan fingerprint density at radius 2 is 2.00 bits per heavy atom. The molecule has 2 rings (SSSR count). The average Bonchev–Trinajstić information content (AvgIpc) is 2.79. The van der Waals surface area contributed by atoms with E-state index in [-0.39, 0.29) is 17.9 Å². The summed E-state index contributed by atoms with van der Waals surface area (Å²) in [6, 6.07) is 6.00. The van der Waals surface area contributed by atoms with Crippen molar-refractivity contribution in [2.75, 3.05) is 6.61 Å². The first-order chi connectivity index (χ1) is 7.74. The van der Waals surface area contributed by atoms with Crippen LogP contribution >= 0.6 is 0 Å². The smallest absolute Gasteiger partial charge is 0.201 e. The third-order valence-corrected chi connectivity index (χ3v) is 2.13. The monoisotopic (exact) mass is 224 g/mol. The van der Waals surface area contributed by atoms with Gasteiger partial charge in [0.2, 0.25) is 5.82 Å². The lowest BCUT2D eigenvalue weighted by Crippen LogP contribution is -1.98. The van der Waals surface area contributed by atoms with Gasteiger partial charge in [0.1, 0.15) is 5.76 Å². The van der Waals surface area contributed by atoms with E-state index in [2.05, 4.69) is 0 Å². The molecule has 16 heavy (non-hydrogen) atoms. The highest BCUT2D eigenvalue weighted by Crippen LogP contribution is 2.29. The molecule has 0 aliphatic carbocycles. The van der Waals surface area contributed by atoms with Crippen LogP contribution in [0, 0.1) is 11.6 Å². The number of rotatable bonds is 3. The molecule has 0 bridgehead atoms. The minimum atomic E-state index is -0.990. The van der Waals surface area contributed by atoms with Gasteiger partial charge in [0.15, 0.2) is 11.6 Å². The molecule has 84 valence electrons. The quantitative estimate of drug-likeness (QED) is 0.794. The minimum Gasteiger partial charge on any atom is -0.491 e. The van der Waals surface area contributed by atoms with Crippen molar-refractivity contribution >= 4 is 0 Å². The molecule has 0 atom stereocenters. The van der Waals surface area contributed by atoms with Crippen LogP contribution in [0.4, 0.5) is 8.78 Å². The fraction of sp³-hybridized carbons (Fsp3) is 0.167. The van der Waals surface area contributed by atoms with E-state index in [1.54, 1.807) is 19.1 Å². The summed E-state index contributed by atoms with van der Waals surface area (Å²) < 4.78 is 37.1. The van der Waals surface area contributed by atoms with Crippen LogP contribution in [-0.4, -0.2) is 6.61 Å². The molecule has 0 saturated carbocycles. The summed E-state index contributed by atoms with van der Waals surface area (Å²) in [4.78, 5) is 0. The van der Waals surface area contributed by atoms with E-state index in [1.807, 2.05) is 0 Å². The Labute approximate surface area is 91.5 Å². The van der Waals surface area contributed by atoms with Gasteiger partial charge >= 0.3 is 0 Å². The third kappa shape index (κ3) is 1.78. The van der Waals surface area contributed by atoms with Crippen LogP contribution in [0.25, 0.3) is 11.3 Å². The standard InChI is InChI=1S/C12H10F2O2/c1-2-15-10-6-5-8(11(13)12(10)14)9-4-3-7-16-9/h3-7H,2H2,1H3. The van der Waals surface area contributed by atoms with Gasteiger partial charge in [0.25, 0.3) is 0 Å². The Kier molecular flexibility index (Phi) is 2.90. The number of ether oxygens (including phenoxy) is 1. The SMILES string of the molecule is CCOc1ccc(-c2ccco2)c(F)c1F. The maximum atomic E-state index is 13.6. The van der Waals surface area contributed by atoms with Crippen molar-refractivity contribution in [3.63, 3.8) is 0 Å². The first kappa shape index (κ1) is 10.7. The van der Waals surface area contributed by atoms with E-state index in [4.69, 9.17) is 9.15 Å².